The topological polar surface area (TPSA) is 40.6 Å². The Labute approximate surface area is 166 Å². The lowest BCUT2D eigenvalue weighted by atomic mass is 10.2. The molecule has 2 rings (SSSR count). The molecule has 0 N–H and O–H groups in total. The summed E-state index contributed by atoms with van der Waals surface area (Å²) < 4.78 is 0. The summed E-state index contributed by atoms with van der Waals surface area (Å²) in [7, 11) is 0. The highest BCUT2D eigenvalue weighted by Gasteiger charge is 2.23. The number of rotatable bonds is 9. The zero-order valence-corrected chi connectivity index (χ0v) is 17.6. The lowest BCUT2D eigenvalue weighted by Gasteiger charge is -2.30. The van der Waals surface area contributed by atoms with E-state index in [4.69, 9.17) is 0 Å². The average Bonchev–Trinajstić information content (AvgIpc) is 3.04. The molecular formula is C22H30N2O2S. The van der Waals surface area contributed by atoms with Crippen LogP contribution in [-0.2, 0) is 22.7 Å². The fourth-order valence-corrected chi connectivity index (χ4v) is 3.86. The average molecular weight is 387 g/mol. The maximum atomic E-state index is 13.1. The van der Waals surface area contributed by atoms with Gasteiger partial charge in [0.2, 0.25) is 11.8 Å². The van der Waals surface area contributed by atoms with Gasteiger partial charge in [0, 0.05) is 28.8 Å². The third kappa shape index (κ3) is 6.51. The lowest BCUT2D eigenvalue weighted by Crippen LogP contribution is -2.45. The third-order valence-electron chi connectivity index (χ3n) is 4.42. The molecule has 1 aromatic heterocycles. The Balaban J connectivity index is 2.17. The number of carbonyl (C=O) groups is 2. The molecule has 0 bridgehead atoms. The molecular weight excluding hydrogens is 356 g/mol. The fraction of sp³-hybridized carbons (Fsp3) is 0.455. The minimum atomic E-state index is -0.0111. The van der Waals surface area contributed by atoms with Gasteiger partial charge in [-0.05, 0) is 44.9 Å². The van der Waals surface area contributed by atoms with Gasteiger partial charge in [0.15, 0.2) is 0 Å². The lowest BCUT2D eigenvalue weighted by molar-refractivity contribution is -0.142. The zero-order chi connectivity index (χ0) is 19.8. The highest BCUT2D eigenvalue weighted by Crippen LogP contribution is 2.19. The summed E-state index contributed by atoms with van der Waals surface area (Å²) in [6.45, 7) is 9.23. The van der Waals surface area contributed by atoms with E-state index in [1.807, 2.05) is 56.0 Å². The summed E-state index contributed by atoms with van der Waals surface area (Å²) in [6.07, 6.45) is 1.27. The second kappa shape index (κ2) is 10.3. The largest absolute Gasteiger partial charge is 0.332 e. The Morgan fingerprint density at radius 1 is 1.00 bits per heavy atom. The van der Waals surface area contributed by atoms with Crippen molar-refractivity contribution in [3.8, 4) is 0 Å². The molecule has 0 saturated heterocycles. The SMILES string of the molecule is CCCC(=O)N(CC(=O)N(Cc1ccccc1)Cc1ccc(C)s1)C(C)C. The van der Waals surface area contributed by atoms with Gasteiger partial charge >= 0.3 is 0 Å². The van der Waals surface area contributed by atoms with Crippen LogP contribution in [0.25, 0.3) is 0 Å². The summed E-state index contributed by atoms with van der Waals surface area (Å²) in [5.41, 5.74) is 1.09. The molecule has 27 heavy (non-hydrogen) atoms. The van der Waals surface area contributed by atoms with Crippen LogP contribution in [0, 0.1) is 6.92 Å². The predicted molar refractivity (Wildman–Crippen MR) is 112 cm³/mol. The number of thiophene rings is 1. The highest BCUT2D eigenvalue weighted by atomic mass is 32.1. The van der Waals surface area contributed by atoms with Gasteiger partial charge in [0.1, 0.15) is 0 Å². The van der Waals surface area contributed by atoms with Gasteiger partial charge in [-0.3, -0.25) is 9.59 Å². The van der Waals surface area contributed by atoms with Crippen molar-refractivity contribution in [2.75, 3.05) is 6.54 Å². The predicted octanol–water partition coefficient (Wildman–Crippen LogP) is 4.62. The Morgan fingerprint density at radius 3 is 2.26 bits per heavy atom. The maximum absolute atomic E-state index is 13.1. The molecule has 0 aliphatic heterocycles. The summed E-state index contributed by atoms with van der Waals surface area (Å²) in [6, 6.07) is 14.2. The van der Waals surface area contributed by atoms with Gasteiger partial charge in [-0.25, -0.2) is 0 Å². The minimum absolute atomic E-state index is 0.00978. The van der Waals surface area contributed by atoms with Crippen LogP contribution in [0.15, 0.2) is 42.5 Å². The van der Waals surface area contributed by atoms with Crippen molar-refractivity contribution >= 4 is 23.2 Å². The molecule has 5 heteroatoms. The van der Waals surface area contributed by atoms with Gasteiger partial charge in [0.05, 0.1) is 13.1 Å². The van der Waals surface area contributed by atoms with Crippen LogP contribution in [0.4, 0.5) is 0 Å². The number of hydrogen-bond acceptors (Lipinski definition) is 3. The first kappa shape index (κ1) is 21.2. The van der Waals surface area contributed by atoms with Gasteiger partial charge in [-0.1, -0.05) is 37.3 Å². The summed E-state index contributed by atoms with van der Waals surface area (Å²) in [5.74, 6) is 0.0375. The van der Waals surface area contributed by atoms with E-state index in [0.29, 0.717) is 19.5 Å². The van der Waals surface area contributed by atoms with Crippen LogP contribution in [0.2, 0.25) is 0 Å². The normalized spacial score (nSPS) is 10.9. The van der Waals surface area contributed by atoms with Gasteiger partial charge in [-0.2, -0.15) is 0 Å². The van der Waals surface area contributed by atoms with E-state index in [9.17, 15) is 9.59 Å². The van der Waals surface area contributed by atoms with E-state index in [-0.39, 0.29) is 24.4 Å². The minimum Gasteiger partial charge on any atom is -0.332 e. The second-order valence-corrected chi connectivity index (χ2v) is 8.49. The Kier molecular flexibility index (Phi) is 8.04. The first-order chi connectivity index (χ1) is 12.9. The molecule has 0 atom stereocenters. The first-order valence-corrected chi connectivity index (χ1v) is 10.4. The summed E-state index contributed by atoms with van der Waals surface area (Å²) in [4.78, 5) is 31.5. The Morgan fingerprint density at radius 2 is 1.70 bits per heavy atom. The van der Waals surface area contributed by atoms with E-state index in [2.05, 4.69) is 19.1 Å². The van der Waals surface area contributed by atoms with E-state index in [0.717, 1.165) is 16.9 Å². The van der Waals surface area contributed by atoms with Gasteiger partial charge in [-0.15, -0.1) is 11.3 Å². The summed E-state index contributed by atoms with van der Waals surface area (Å²) in [5, 5.41) is 0. The third-order valence-corrected chi connectivity index (χ3v) is 5.41. The molecule has 2 amide bonds. The summed E-state index contributed by atoms with van der Waals surface area (Å²) >= 11 is 1.71. The van der Waals surface area contributed by atoms with Crippen LogP contribution < -0.4 is 0 Å². The molecule has 0 radical (unpaired) electrons. The molecule has 4 nitrogen and oxygen atoms in total. The van der Waals surface area contributed by atoms with Gasteiger partial charge < -0.3 is 9.80 Å². The van der Waals surface area contributed by atoms with Crippen molar-refractivity contribution in [3.05, 3.63) is 57.8 Å². The zero-order valence-electron chi connectivity index (χ0n) is 16.8. The van der Waals surface area contributed by atoms with Crippen molar-refractivity contribution in [2.45, 2.75) is 59.7 Å². The number of amides is 2. The molecule has 0 aliphatic rings. The molecule has 0 saturated carbocycles. The number of aryl methyl sites for hydroxylation is 1. The van der Waals surface area contributed by atoms with E-state index >= 15 is 0 Å². The fourth-order valence-electron chi connectivity index (χ4n) is 2.96. The van der Waals surface area contributed by atoms with Crippen molar-refractivity contribution in [1.29, 1.82) is 0 Å². The van der Waals surface area contributed by atoms with E-state index in [1.165, 1.54) is 4.88 Å². The van der Waals surface area contributed by atoms with Gasteiger partial charge in [0.25, 0.3) is 0 Å². The van der Waals surface area contributed by atoms with Crippen LogP contribution in [-0.4, -0.2) is 34.2 Å². The smallest absolute Gasteiger partial charge is 0.242 e. The molecule has 1 heterocycles. The first-order valence-electron chi connectivity index (χ1n) is 9.57. The van der Waals surface area contributed by atoms with Crippen LogP contribution in [0.1, 0.15) is 48.9 Å². The van der Waals surface area contributed by atoms with Crippen molar-refractivity contribution in [2.24, 2.45) is 0 Å². The number of carbonyl (C=O) groups excluding carboxylic acids is 2. The molecule has 0 spiro atoms. The molecule has 0 fully saturated rings. The Bertz CT molecular complexity index is 740. The quantitative estimate of drug-likeness (QED) is 0.631. The van der Waals surface area contributed by atoms with Crippen molar-refractivity contribution in [3.63, 3.8) is 0 Å². The standard InChI is InChI=1S/C22H30N2O2S/c1-5-9-21(25)24(17(2)3)16-22(26)23(14-19-10-7-6-8-11-19)15-20-13-12-18(4)27-20/h6-8,10-13,17H,5,9,14-16H2,1-4H3. The van der Waals surface area contributed by atoms with E-state index in [1.54, 1.807) is 16.2 Å². The van der Waals surface area contributed by atoms with Crippen LogP contribution in [0.3, 0.4) is 0 Å². The van der Waals surface area contributed by atoms with Crippen LogP contribution in [0.5, 0.6) is 0 Å². The Hall–Kier alpha value is -2.14. The second-order valence-electron chi connectivity index (χ2n) is 7.11. The van der Waals surface area contributed by atoms with Crippen molar-refractivity contribution in [1.82, 2.24) is 9.80 Å². The number of benzene rings is 1. The monoisotopic (exact) mass is 386 g/mol. The molecule has 2 aromatic rings. The van der Waals surface area contributed by atoms with E-state index < -0.39 is 0 Å². The molecule has 0 aliphatic carbocycles. The highest BCUT2D eigenvalue weighted by molar-refractivity contribution is 7.11. The number of nitrogens with zero attached hydrogens (tertiary/aromatic N) is 2. The number of hydrogen-bond donors (Lipinski definition) is 0. The van der Waals surface area contributed by atoms with Crippen molar-refractivity contribution < 1.29 is 9.59 Å². The molecule has 1 aromatic carbocycles. The molecule has 0 unspecified atom stereocenters. The molecule has 146 valence electrons. The van der Waals surface area contributed by atoms with Crippen LogP contribution >= 0.6 is 11.3 Å². The maximum Gasteiger partial charge on any atom is 0.242 e.